The van der Waals surface area contributed by atoms with Crippen LogP contribution in [-0.4, -0.2) is 9.97 Å². The highest BCUT2D eigenvalue weighted by Crippen LogP contribution is 2.33. The van der Waals surface area contributed by atoms with E-state index in [4.69, 9.17) is 27.9 Å². The lowest BCUT2D eigenvalue weighted by molar-refractivity contribution is 0.454. The average molecular weight is 325 g/mol. The van der Waals surface area contributed by atoms with Gasteiger partial charge in [-0.05, 0) is 36.1 Å². The van der Waals surface area contributed by atoms with Crippen molar-refractivity contribution in [1.29, 1.82) is 0 Å². The van der Waals surface area contributed by atoms with Crippen LogP contribution in [0.15, 0.2) is 18.2 Å². The van der Waals surface area contributed by atoms with Gasteiger partial charge in [0.25, 0.3) is 0 Å². The van der Waals surface area contributed by atoms with Crippen LogP contribution in [0.25, 0.3) is 0 Å². The van der Waals surface area contributed by atoms with Gasteiger partial charge in [0.1, 0.15) is 16.7 Å². The van der Waals surface area contributed by atoms with Crippen molar-refractivity contribution in [3.63, 3.8) is 0 Å². The molecule has 1 aromatic heterocycles. The van der Waals surface area contributed by atoms with Crippen LogP contribution >= 0.6 is 23.2 Å². The summed E-state index contributed by atoms with van der Waals surface area (Å²) >= 11 is 12.3. The summed E-state index contributed by atoms with van der Waals surface area (Å²) in [5.41, 5.74) is 2.00. The summed E-state index contributed by atoms with van der Waals surface area (Å²) < 4.78 is 5.88. The van der Waals surface area contributed by atoms with Crippen molar-refractivity contribution < 1.29 is 4.74 Å². The van der Waals surface area contributed by atoms with E-state index in [0.29, 0.717) is 29.2 Å². The third-order valence-corrected chi connectivity index (χ3v) is 3.69. The molecule has 112 valence electrons. The van der Waals surface area contributed by atoms with Gasteiger partial charge in [-0.1, -0.05) is 44.0 Å². The third kappa shape index (κ3) is 3.86. The van der Waals surface area contributed by atoms with Crippen molar-refractivity contribution in [2.45, 2.75) is 40.0 Å². The van der Waals surface area contributed by atoms with Gasteiger partial charge in [-0.15, -0.1) is 0 Å². The first-order valence-corrected chi connectivity index (χ1v) is 7.67. The Bertz CT molecular complexity index is 657. The molecule has 0 N–H and O–H groups in total. The maximum absolute atomic E-state index is 6.27. The van der Waals surface area contributed by atoms with Crippen LogP contribution in [-0.2, 0) is 6.42 Å². The van der Waals surface area contributed by atoms with Crippen molar-refractivity contribution >= 4 is 23.2 Å². The van der Waals surface area contributed by atoms with E-state index in [1.54, 1.807) is 6.07 Å². The highest BCUT2D eigenvalue weighted by molar-refractivity contribution is 6.31. The molecule has 0 radical (unpaired) electrons. The molecule has 0 aliphatic heterocycles. The van der Waals surface area contributed by atoms with Crippen LogP contribution in [0.3, 0.4) is 0 Å². The fraction of sp³-hybridized carbons (Fsp3) is 0.375. The van der Waals surface area contributed by atoms with E-state index in [-0.39, 0.29) is 0 Å². The number of halogens is 2. The summed E-state index contributed by atoms with van der Waals surface area (Å²) in [5.74, 6) is 2.17. The zero-order valence-electron chi connectivity index (χ0n) is 12.6. The lowest BCUT2D eigenvalue weighted by Crippen LogP contribution is -1.99. The third-order valence-electron chi connectivity index (χ3n) is 3.16. The summed E-state index contributed by atoms with van der Waals surface area (Å²) in [6.45, 7) is 8.11. The Hall–Kier alpha value is -1.32. The molecular formula is C16H18Cl2N2O. The molecule has 0 saturated carbocycles. The first-order valence-electron chi connectivity index (χ1n) is 6.92. The first kappa shape index (κ1) is 16.1. The van der Waals surface area contributed by atoms with E-state index in [9.17, 15) is 0 Å². The molecule has 0 amide bonds. The minimum Gasteiger partial charge on any atom is -0.439 e. The molecule has 21 heavy (non-hydrogen) atoms. The second-order valence-corrected chi connectivity index (χ2v) is 5.99. The zero-order chi connectivity index (χ0) is 15.6. The van der Waals surface area contributed by atoms with Crippen molar-refractivity contribution in [2.75, 3.05) is 0 Å². The van der Waals surface area contributed by atoms with Crippen molar-refractivity contribution in [1.82, 2.24) is 9.97 Å². The highest BCUT2D eigenvalue weighted by atomic mass is 35.5. The van der Waals surface area contributed by atoms with Gasteiger partial charge in [0.2, 0.25) is 5.88 Å². The van der Waals surface area contributed by atoms with Gasteiger partial charge in [0, 0.05) is 17.5 Å². The minimum atomic E-state index is 0.320. The van der Waals surface area contributed by atoms with Crippen LogP contribution < -0.4 is 4.74 Å². The number of benzene rings is 1. The Balaban J connectivity index is 2.39. The van der Waals surface area contributed by atoms with E-state index in [2.05, 4.69) is 23.8 Å². The number of aromatic nitrogens is 2. The zero-order valence-corrected chi connectivity index (χ0v) is 14.1. The Morgan fingerprint density at radius 1 is 1.14 bits per heavy atom. The fourth-order valence-electron chi connectivity index (χ4n) is 1.99. The Morgan fingerprint density at radius 3 is 2.48 bits per heavy atom. The normalized spacial score (nSPS) is 11.0. The van der Waals surface area contributed by atoms with Crippen LogP contribution in [0.1, 0.15) is 43.6 Å². The van der Waals surface area contributed by atoms with E-state index in [0.717, 1.165) is 21.9 Å². The summed E-state index contributed by atoms with van der Waals surface area (Å²) in [4.78, 5) is 8.46. The van der Waals surface area contributed by atoms with Crippen molar-refractivity contribution in [3.8, 4) is 11.6 Å². The Labute approximate surface area is 135 Å². The first-order chi connectivity index (χ1) is 9.90. The molecule has 3 nitrogen and oxygen atoms in total. The minimum absolute atomic E-state index is 0.320. The second kappa shape index (κ2) is 6.63. The quantitative estimate of drug-likeness (QED) is 0.689. The van der Waals surface area contributed by atoms with Gasteiger partial charge >= 0.3 is 0 Å². The number of nitrogens with zero attached hydrogens (tertiary/aromatic N) is 2. The van der Waals surface area contributed by atoms with Crippen molar-refractivity contribution in [3.05, 3.63) is 45.3 Å². The highest BCUT2D eigenvalue weighted by Gasteiger charge is 2.12. The lowest BCUT2D eigenvalue weighted by atomic mass is 10.0. The maximum atomic E-state index is 6.27. The number of ether oxygens (including phenoxy) is 1. The molecule has 1 heterocycles. The summed E-state index contributed by atoms with van der Waals surface area (Å²) in [6.07, 6.45) is 0.702. The molecule has 0 unspecified atom stereocenters. The number of aryl methyl sites for hydroxylation is 2. The van der Waals surface area contributed by atoms with Crippen LogP contribution in [0.4, 0.5) is 0 Å². The lowest BCUT2D eigenvalue weighted by Gasteiger charge is -2.14. The maximum Gasteiger partial charge on any atom is 0.224 e. The fourth-order valence-corrected chi connectivity index (χ4v) is 2.61. The van der Waals surface area contributed by atoms with Crippen molar-refractivity contribution in [2.24, 2.45) is 0 Å². The van der Waals surface area contributed by atoms with E-state index in [1.807, 2.05) is 26.0 Å². The van der Waals surface area contributed by atoms with Gasteiger partial charge in [-0.2, -0.15) is 4.98 Å². The Kier molecular flexibility index (Phi) is 5.07. The van der Waals surface area contributed by atoms with Crippen LogP contribution in [0.2, 0.25) is 10.2 Å². The standard InChI is InChI=1S/C16H18Cl2N2O/c1-5-15-19-14(18)8-16(20-15)21-13-7-11(9(2)3)12(17)6-10(13)4/h6-9H,5H2,1-4H3. The molecule has 2 aromatic rings. The summed E-state index contributed by atoms with van der Waals surface area (Å²) in [7, 11) is 0. The molecule has 2 rings (SSSR count). The van der Waals surface area contributed by atoms with E-state index in [1.165, 1.54) is 0 Å². The summed E-state index contributed by atoms with van der Waals surface area (Å²) in [6, 6.07) is 5.49. The number of hydrogen-bond acceptors (Lipinski definition) is 3. The molecule has 0 atom stereocenters. The smallest absolute Gasteiger partial charge is 0.224 e. The molecule has 0 fully saturated rings. The molecule has 0 bridgehead atoms. The van der Waals surface area contributed by atoms with Gasteiger partial charge < -0.3 is 4.74 Å². The molecule has 0 aliphatic rings. The van der Waals surface area contributed by atoms with Gasteiger partial charge in [0.15, 0.2) is 0 Å². The molecule has 5 heteroatoms. The monoisotopic (exact) mass is 324 g/mol. The number of hydrogen-bond donors (Lipinski definition) is 0. The largest absolute Gasteiger partial charge is 0.439 e. The molecule has 0 saturated heterocycles. The van der Waals surface area contributed by atoms with Gasteiger partial charge in [-0.3, -0.25) is 0 Å². The molecular weight excluding hydrogens is 307 g/mol. The summed E-state index contributed by atoms with van der Waals surface area (Å²) in [5, 5.41) is 1.14. The molecule has 0 spiro atoms. The second-order valence-electron chi connectivity index (χ2n) is 5.19. The van der Waals surface area contributed by atoms with Gasteiger partial charge in [0.05, 0.1) is 0 Å². The predicted octanol–water partition coefficient (Wildman–Crippen LogP) is 5.57. The number of rotatable bonds is 4. The van der Waals surface area contributed by atoms with Crippen LogP contribution in [0, 0.1) is 6.92 Å². The predicted molar refractivity (Wildman–Crippen MR) is 86.8 cm³/mol. The van der Waals surface area contributed by atoms with Gasteiger partial charge in [-0.25, -0.2) is 4.98 Å². The van der Waals surface area contributed by atoms with E-state index < -0.39 is 0 Å². The average Bonchev–Trinajstić information content (AvgIpc) is 2.40. The van der Waals surface area contributed by atoms with Crippen LogP contribution in [0.5, 0.6) is 11.6 Å². The SMILES string of the molecule is CCc1nc(Cl)cc(Oc2cc(C(C)C)c(Cl)cc2C)n1. The topological polar surface area (TPSA) is 35.0 Å². The Morgan fingerprint density at radius 2 is 1.86 bits per heavy atom. The van der Waals surface area contributed by atoms with E-state index >= 15 is 0 Å². The molecule has 1 aromatic carbocycles. The molecule has 0 aliphatic carbocycles.